The first-order chi connectivity index (χ1) is 13.8. The Labute approximate surface area is 172 Å². The molecule has 0 saturated heterocycles. The average Bonchev–Trinajstić information content (AvgIpc) is 2.69. The minimum absolute atomic E-state index is 0.572. The Hall–Kier alpha value is -2.07. The second kappa shape index (κ2) is 9.62. The Balaban J connectivity index is 1.48. The predicted molar refractivity (Wildman–Crippen MR) is 114 cm³/mol. The van der Waals surface area contributed by atoms with E-state index in [9.17, 15) is 13.2 Å². The lowest BCUT2D eigenvalue weighted by atomic mass is 9.97. The molecule has 0 radical (unpaired) electrons. The number of rotatable bonds is 7. The van der Waals surface area contributed by atoms with Gasteiger partial charge in [-0.25, -0.2) is 0 Å². The summed E-state index contributed by atoms with van der Waals surface area (Å²) in [6.07, 6.45) is 1.86. The van der Waals surface area contributed by atoms with Crippen molar-refractivity contribution < 1.29 is 13.2 Å². The lowest BCUT2D eigenvalue weighted by molar-refractivity contribution is -0.137. The Morgan fingerprint density at radius 1 is 1.00 bits per heavy atom. The molecule has 0 aromatic heterocycles. The molecule has 1 nitrogen and oxygen atoms in total. The second-order valence-corrected chi connectivity index (χ2v) is 8.38. The van der Waals surface area contributed by atoms with E-state index in [1.165, 1.54) is 23.3 Å². The summed E-state index contributed by atoms with van der Waals surface area (Å²) in [5.74, 6) is 0.675. The summed E-state index contributed by atoms with van der Waals surface area (Å²) in [5, 5.41) is 0. The fourth-order valence-electron chi connectivity index (χ4n) is 3.89. The highest BCUT2D eigenvalue weighted by Crippen LogP contribution is 2.32. The summed E-state index contributed by atoms with van der Waals surface area (Å²) in [6, 6.07) is 14.6. The molecule has 0 fully saturated rings. The number of alkyl halides is 3. The maximum Gasteiger partial charge on any atom is 0.416 e. The topological polar surface area (TPSA) is 3.24 Å². The Bertz CT molecular complexity index is 819. The van der Waals surface area contributed by atoms with E-state index in [2.05, 4.69) is 49.1 Å². The lowest BCUT2D eigenvalue weighted by Gasteiger charge is -2.26. The zero-order valence-corrected chi connectivity index (χ0v) is 17.3. The molecule has 29 heavy (non-hydrogen) atoms. The van der Waals surface area contributed by atoms with Crippen LogP contribution in [-0.2, 0) is 19.0 Å². The molecule has 4 heteroatoms. The van der Waals surface area contributed by atoms with Crippen molar-refractivity contribution in [2.24, 2.45) is 5.92 Å². The largest absolute Gasteiger partial charge is 0.416 e. The molecule has 1 aliphatic heterocycles. The lowest BCUT2D eigenvalue weighted by Crippen LogP contribution is -2.29. The third-order valence-electron chi connectivity index (χ3n) is 5.46. The van der Waals surface area contributed by atoms with Crippen LogP contribution in [0.3, 0.4) is 0 Å². The van der Waals surface area contributed by atoms with Gasteiger partial charge >= 0.3 is 6.18 Å². The van der Waals surface area contributed by atoms with E-state index in [-0.39, 0.29) is 0 Å². The standard InChI is InChI=1S/C25H30F3N/c1-19(2)17-21-10-8-20(9-11-21)5-4-14-29-15-12-22(13-16-29)23-6-3-7-24(18-23)25(26,27)28/h3,6-12,18-19H,4-5,13-17H2,1-2H3. The van der Waals surface area contributed by atoms with E-state index in [0.717, 1.165) is 57.0 Å². The highest BCUT2D eigenvalue weighted by Gasteiger charge is 2.30. The normalized spacial score (nSPS) is 15.6. The molecule has 156 valence electrons. The molecule has 0 atom stereocenters. The molecule has 0 N–H and O–H groups in total. The molecule has 2 aromatic carbocycles. The van der Waals surface area contributed by atoms with Crippen LogP contribution < -0.4 is 0 Å². The summed E-state index contributed by atoms with van der Waals surface area (Å²) >= 11 is 0. The number of nitrogens with zero attached hydrogens (tertiary/aromatic N) is 1. The number of benzene rings is 2. The maximum atomic E-state index is 12.9. The molecule has 0 bridgehead atoms. The molecule has 3 rings (SSSR count). The minimum Gasteiger partial charge on any atom is -0.299 e. The molecule has 2 aromatic rings. The third-order valence-corrected chi connectivity index (χ3v) is 5.46. The van der Waals surface area contributed by atoms with Crippen LogP contribution in [0.15, 0.2) is 54.6 Å². The molecular weight excluding hydrogens is 371 g/mol. The van der Waals surface area contributed by atoms with Crippen LogP contribution in [-0.4, -0.2) is 24.5 Å². The van der Waals surface area contributed by atoms with Gasteiger partial charge in [-0.3, -0.25) is 4.90 Å². The van der Waals surface area contributed by atoms with Crippen LogP contribution >= 0.6 is 0 Å². The second-order valence-electron chi connectivity index (χ2n) is 8.38. The van der Waals surface area contributed by atoms with Crippen LogP contribution in [0.25, 0.3) is 5.57 Å². The van der Waals surface area contributed by atoms with Crippen molar-refractivity contribution in [3.63, 3.8) is 0 Å². The summed E-state index contributed by atoms with van der Waals surface area (Å²) < 4.78 is 38.8. The molecule has 0 spiro atoms. The first-order valence-corrected chi connectivity index (χ1v) is 10.5. The van der Waals surface area contributed by atoms with E-state index >= 15 is 0 Å². The van der Waals surface area contributed by atoms with Crippen molar-refractivity contribution in [1.29, 1.82) is 0 Å². The van der Waals surface area contributed by atoms with Gasteiger partial charge in [0.2, 0.25) is 0 Å². The summed E-state index contributed by atoms with van der Waals surface area (Å²) in [6.45, 7) is 7.19. The maximum absolute atomic E-state index is 12.9. The van der Waals surface area contributed by atoms with E-state index in [1.54, 1.807) is 6.07 Å². The Morgan fingerprint density at radius 3 is 2.34 bits per heavy atom. The zero-order chi connectivity index (χ0) is 20.9. The van der Waals surface area contributed by atoms with Crippen molar-refractivity contribution in [2.45, 2.75) is 45.7 Å². The predicted octanol–water partition coefficient (Wildman–Crippen LogP) is 6.63. The van der Waals surface area contributed by atoms with Gasteiger partial charge in [-0.1, -0.05) is 56.3 Å². The number of hydrogen-bond acceptors (Lipinski definition) is 1. The van der Waals surface area contributed by atoms with Gasteiger partial charge in [0.15, 0.2) is 0 Å². The van der Waals surface area contributed by atoms with Crippen molar-refractivity contribution in [3.05, 3.63) is 76.9 Å². The van der Waals surface area contributed by atoms with Crippen molar-refractivity contribution in [1.82, 2.24) is 4.90 Å². The van der Waals surface area contributed by atoms with Crippen molar-refractivity contribution >= 4 is 5.57 Å². The van der Waals surface area contributed by atoms with E-state index in [4.69, 9.17) is 0 Å². The van der Waals surface area contributed by atoms with Gasteiger partial charge in [-0.15, -0.1) is 0 Å². The molecule has 1 aliphatic rings. The van der Waals surface area contributed by atoms with Crippen LogP contribution in [0.1, 0.15) is 48.9 Å². The van der Waals surface area contributed by atoms with Crippen molar-refractivity contribution in [2.75, 3.05) is 19.6 Å². The number of hydrogen-bond donors (Lipinski definition) is 0. The van der Waals surface area contributed by atoms with E-state index in [0.29, 0.717) is 11.5 Å². The summed E-state index contributed by atoms with van der Waals surface area (Å²) in [5.41, 5.74) is 3.91. The molecule has 0 amide bonds. The summed E-state index contributed by atoms with van der Waals surface area (Å²) in [7, 11) is 0. The number of aryl methyl sites for hydroxylation is 1. The first kappa shape index (κ1) is 21.6. The van der Waals surface area contributed by atoms with E-state index < -0.39 is 11.7 Å². The fourth-order valence-corrected chi connectivity index (χ4v) is 3.89. The molecule has 1 heterocycles. The van der Waals surface area contributed by atoms with Gasteiger partial charge in [0.25, 0.3) is 0 Å². The average molecular weight is 402 g/mol. The smallest absolute Gasteiger partial charge is 0.299 e. The van der Waals surface area contributed by atoms with Crippen LogP contribution in [0.2, 0.25) is 0 Å². The van der Waals surface area contributed by atoms with Gasteiger partial charge in [-0.2, -0.15) is 13.2 Å². The van der Waals surface area contributed by atoms with Crippen LogP contribution in [0.5, 0.6) is 0 Å². The highest BCUT2D eigenvalue weighted by molar-refractivity contribution is 5.67. The van der Waals surface area contributed by atoms with Gasteiger partial charge in [0.1, 0.15) is 0 Å². The minimum atomic E-state index is -4.29. The highest BCUT2D eigenvalue weighted by atomic mass is 19.4. The van der Waals surface area contributed by atoms with Gasteiger partial charge < -0.3 is 0 Å². The van der Waals surface area contributed by atoms with Crippen molar-refractivity contribution in [3.8, 4) is 0 Å². The molecular formula is C25H30F3N. The SMILES string of the molecule is CC(C)Cc1ccc(CCCN2CC=C(c3cccc(C(F)(F)F)c3)CC2)cc1. The van der Waals surface area contributed by atoms with Gasteiger partial charge in [0, 0.05) is 13.1 Å². The van der Waals surface area contributed by atoms with E-state index in [1.807, 2.05) is 0 Å². The number of halogens is 3. The molecule has 0 saturated carbocycles. The van der Waals surface area contributed by atoms with Crippen LogP contribution in [0.4, 0.5) is 13.2 Å². The Kier molecular flexibility index (Phi) is 7.18. The fraction of sp³-hybridized carbons (Fsp3) is 0.440. The van der Waals surface area contributed by atoms with Gasteiger partial charge in [-0.05, 0) is 72.5 Å². The summed E-state index contributed by atoms with van der Waals surface area (Å²) in [4.78, 5) is 2.38. The molecule has 0 aliphatic carbocycles. The van der Waals surface area contributed by atoms with Crippen LogP contribution in [0, 0.1) is 5.92 Å². The van der Waals surface area contributed by atoms with Gasteiger partial charge in [0.05, 0.1) is 5.56 Å². The first-order valence-electron chi connectivity index (χ1n) is 10.5. The molecule has 0 unspecified atom stereocenters. The third kappa shape index (κ3) is 6.46. The zero-order valence-electron chi connectivity index (χ0n) is 17.3. The quantitative estimate of drug-likeness (QED) is 0.503. The Morgan fingerprint density at radius 2 is 1.72 bits per heavy atom. The monoisotopic (exact) mass is 401 g/mol.